The van der Waals surface area contributed by atoms with E-state index in [4.69, 9.17) is 4.74 Å². The number of ether oxygens (including phenoxy) is 1. The van der Waals surface area contributed by atoms with Crippen LogP contribution in [0.5, 0.6) is 0 Å². The molecule has 2 aliphatic rings. The quantitative estimate of drug-likeness (QED) is 0.842. The Hall–Kier alpha value is -0.390. The molecule has 110 valence electrons. The molecule has 1 fully saturated rings. The molecule has 0 saturated carbocycles. The third-order valence-corrected chi connectivity index (χ3v) is 6.61. The van der Waals surface area contributed by atoms with Crippen LogP contribution in [0.1, 0.15) is 45.8 Å². The molecule has 1 aromatic rings. The van der Waals surface area contributed by atoms with E-state index in [0.717, 1.165) is 49.1 Å². The van der Waals surface area contributed by atoms with Gasteiger partial charge in [-0.15, -0.1) is 11.3 Å². The molecule has 0 aromatic carbocycles. The first-order chi connectivity index (χ1) is 9.72. The summed E-state index contributed by atoms with van der Waals surface area (Å²) < 4.78 is 5.41. The highest BCUT2D eigenvalue weighted by Crippen LogP contribution is 2.31. The van der Waals surface area contributed by atoms with Gasteiger partial charge in [0, 0.05) is 23.4 Å². The molecule has 5 heteroatoms. The summed E-state index contributed by atoms with van der Waals surface area (Å²) >= 11 is 5.24. The Morgan fingerprint density at radius 3 is 2.80 bits per heavy atom. The lowest BCUT2D eigenvalue weighted by Gasteiger charge is -2.36. The summed E-state index contributed by atoms with van der Waals surface area (Å²) in [7, 11) is 0. The molecule has 1 saturated heterocycles. The Labute approximate surface area is 132 Å². The van der Waals surface area contributed by atoms with E-state index in [0.29, 0.717) is 0 Å². The van der Waals surface area contributed by atoms with Crippen molar-refractivity contribution in [3.05, 3.63) is 21.4 Å². The fourth-order valence-electron chi connectivity index (χ4n) is 2.96. The minimum atomic E-state index is -0.139. The number of halogens is 1. The highest BCUT2D eigenvalue weighted by Gasteiger charge is 2.34. The molecule has 1 aromatic heterocycles. The van der Waals surface area contributed by atoms with E-state index in [1.54, 1.807) is 11.3 Å². The van der Waals surface area contributed by atoms with Crippen molar-refractivity contribution >= 4 is 33.2 Å². The lowest BCUT2D eigenvalue weighted by atomic mass is 9.92. The number of carbonyl (C=O) groups is 1. The van der Waals surface area contributed by atoms with Gasteiger partial charge in [0.05, 0.1) is 10.4 Å². The molecule has 1 amide bonds. The predicted molar refractivity (Wildman–Crippen MR) is 85.0 cm³/mol. The second kappa shape index (κ2) is 6.16. The smallest absolute Gasteiger partial charge is 0.261 e. The molecule has 3 nitrogen and oxygen atoms in total. The lowest BCUT2D eigenvalue weighted by molar-refractivity contribution is 0.0443. The SMILES string of the molecule is O=C(NC1(CBr)CCOCC1)c1cc2c(s1)CCCC2. The average Bonchev–Trinajstić information content (AvgIpc) is 2.92. The number of thiophene rings is 1. The summed E-state index contributed by atoms with van der Waals surface area (Å²) in [6, 6.07) is 2.11. The molecule has 0 unspecified atom stereocenters. The second-order valence-corrected chi connectivity index (χ2v) is 7.44. The summed E-state index contributed by atoms with van der Waals surface area (Å²) in [4.78, 5) is 14.8. The van der Waals surface area contributed by atoms with Gasteiger partial charge in [0.15, 0.2) is 0 Å². The monoisotopic (exact) mass is 357 g/mol. The van der Waals surface area contributed by atoms with Crippen molar-refractivity contribution in [3.63, 3.8) is 0 Å². The largest absolute Gasteiger partial charge is 0.381 e. The van der Waals surface area contributed by atoms with E-state index in [1.165, 1.54) is 23.3 Å². The van der Waals surface area contributed by atoms with E-state index in [9.17, 15) is 4.79 Å². The number of hydrogen-bond donors (Lipinski definition) is 1. The molecule has 0 bridgehead atoms. The molecule has 0 radical (unpaired) electrons. The van der Waals surface area contributed by atoms with Crippen LogP contribution in [0.2, 0.25) is 0 Å². The first-order valence-corrected chi connectivity index (χ1v) is 9.24. The van der Waals surface area contributed by atoms with Crippen LogP contribution in [-0.2, 0) is 17.6 Å². The van der Waals surface area contributed by atoms with E-state index in [-0.39, 0.29) is 11.4 Å². The van der Waals surface area contributed by atoms with Gasteiger partial charge in [0.25, 0.3) is 5.91 Å². The minimum Gasteiger partial charge on any atom is -0.381 e. The van der Waals surface area contributed by atoms with Gasteiger partial charge in [-0.25, -0.2) is 0 Å². The van der Waals surface area contributed by atoms with Crippen molar-refractivity contribution in [2.75, 3.05) is 18.5 Å². The number of aryl methyl sites for hydroxylation is 2. The number of hydrogen-bond acceptors (Lipinski definition) is 3. The summed E-state index contributed by atoms with van der Waals surface area (Å²) in [5.74, 6) is 0.0887. The van der Waals surface area contributed by atoms with Crippen LogP contribution in [0, 0.1) is 0 Å². The fourth-order valence-corrected chi connectivity index (χ4v) is 4.81. The van der Waals surface area contributed by atoms with Crippen molar-refractivity contribution in [3.8, 4) is 0 Å². The van der Waals surface area contributed by atoms with E-state index in [1.807, 2.05) is 0 Å². The number of fused-ring (bicyclic) bond motifs is 1. The number of nitrogens with one attached hydrogen (secondary N) is 1. The number of amides is 1. The number of carbonyl (C=O) groups excluding carboxylic acids is 1. The zero-order valence-electron chi connectivity index (χ0n) is 11.5. The van der Waals surface area contributed by atoms with Gasteiger partial charge < -0.3 is 10.1 Å². The zero-order valence-corrected chi connectivity index (χ0v) is 13.9. The van der Waals surface area contributed by atoms with Gasteiger partial charge in [0.1, 0.15) is 0 Å². The van der Waals surface area contributed by atoms with Crippen LogP contribution >= 0.6 is 27.3 Å². The normalized spacial score (nSPS) is 21.2. The van der Waals surface area contributed by atoms with Crippen molar-refractivity contribution in [1.82, 2.24) is 5.32 Å². The van der Waals surface area contributed by atoms with E-state index in [2.05, 4.69) is 27.3 Å². The summed E-state index contributed by atoms with van der Waals surface area (Å²) in [6.07, 6.45) is 6.57. The topological polar surface area (TPSA) is 38.3 Å². The molecule has 20 heavy (non-hydrogen) atoms. The lowest BCUT2D eigenvalue weighted by Crippen LogP contribution is -2.53. The molecule has 1 aliphatic heterocycles. The van der Waals surface area contributed by atoms with Crippen LogP contribution in [0.3, 0.4) is 0 Å². The Morgan fingerprint density at radius 1 is 1.35 bits per heavy atom. The third kappa shape index (κ3) is 2.95. The highest BCUT2D eigenvalue weighted by atomic mass is 79.9. The van der Waals surface area contributed by atoms with Crippen LogP contribution in [-0.4, -0.2) is 30.0 Å². The molecule has 3 rings (SSSR count). The molecular weight excluding hydrogens is 338 g/mol. The van der Waals surface area contributed by atoms with Crippen molar-refractivity contribution in [1.29, 1.82) is 0 Å². The van der Waals surface area contributed by atoms with Crippen LogP contribution in [0.15, 0.2) is 6.07 Å². The van der Waals surface area contributed by atoms with Gasteiger partial charge in [-0.05, 0) is 50.2 Å². The molecule has 0 atom stereocenters. The summed E-state index contributed by atoms with van der Waals surface area (Å²) in [5.41, 5.74) is 1.26. The molecular formula is C15H20BrNO2S. The maximum absolute atomic E-state index is 12.5. The third-order valence-electron chi connectivity index (χ3n) is 4.30. The first kappa shape index (κ1) is 14.5. The first-order valence-electron chi connectivity index (χ1n) is 7.30. The molecule has 0 spiro atoms. The van der Waals surface area contributed by atoms with Gasteiger partial charge in [0.2, 0.25) is 0 Å². The van der Waals surface area contributed by atoms with Crippen molar-refractivity contribution in [2.24, 2.45) is 0 Å². The van der Waals surface area contributed by atoms with E-state index >= 15 is 0 Å². The van der Waals surface area contributed by atoms with Crippen molar-refractivity contribution in [2.45, 2.75) is 44.1 Å². The summed E-state index contributed by atoms with van der Waals surface area (Å²) in [6.45, 7) is 1.46. The van der Waals surface area contributed by atoms with Gasteiger partial charge >= 0.3 is 0 Å². The second-order valence-electron chi connectivity index (χ2n) is 5.75. The number of rotatable bonds is 3. The molecule has 1 aliphatic carbocycles. The standard InChI is InChI=1S/C15H20BrNO2S/c16-10-15(5-7-19-8-6-15)17-14(18)13-9-11-3-1-2-4-12(11)20-13/h9H,1-8,10H2,(H,17,18). The fraction of sp³-hybridized carbons (Fsp3) is 0.667. The zero-order chi connectivity index (χ0) is 14.0. The predicted octanol–water partition coefficient (Wildman–Crippen LogP) is 3.30. The summed E-state index contributed by atoms with van der Waals surface area (Å²) in [5, 5.41) is 4.04. The van der Waals surface area contributed by atoms with Crippen LogP contribution < -0.4 is 5.32 Å². The Bertz CT molecular complexity index is 471. The van der Waals surface area contributed by atoms with Gasteiger partial charge in [-0.3, -0.25) is 4.79 Å². The Balaban J connectivity index is 1.73. The molecule has 2 heterocycles. The van der Waals surface area contributed by atoms with Crippen LogP contribution in [0.4, 0.5) is 0 Å². The minimum absolute atomic E-state index is 0.0887. The Kier molecular flexibility index (Phi) is 4.48. The molecule has 1 N–H and O–H groups in total. The van der Waals surface area contributed by atoms with Crippen LogP contribution in [0.25, 0.3) is 0 Å². The Morgan fingerprint density at radius 2 is 2.10 bits per heavy atom. The highest BCUT2D eigenvalue weighted by molar-refractivity contribution is 9.09. The van der Waals surface area contributed by atoms with Crippen molar-refractivity contribution < 1.29 is 9.53 Å². The van der Waals surface area contributed by atoms with Gasteiger partial charge in [-0.1, -0.05) is 15.9 Å². The van der Waals surface area contributed by atoms with Gasteiger partial charge in [-0.2, -0.15) is 0 Å². The maximum Gasteiger partial charge on any atom is 0.261 e. The van der Waals surface area contributed by atoms with E-state index < -0.39 is 0 Å². The maximum atomic E-state index is 12.5. The average molecular weight is 358 g/mol. The number of alkyl halides is 1.